The number of hydrogen-bond acceptors (Lipinski definition) is 5. The molecule has 0 aliphatic heterocycles. The van der Waals surface area contributed by atoms with Gasteiger partial charge in [-0.25, -0.2) is 8.42 Å². The summed E-state index contributed by atoms with van der Waals surface area (Å²) in [6.45, 7) is 1.86. The van der Waals surface area contributed by atoms with Gasteiger partial charge in [0.25, 0.3) is 0 Å². The Hall–Kier alpha value is -1.34. The fourth-order valence-corrected chi connectivity index (χ4v) is 2.93. The number of ether oxygens (including phenoxy) is 1. The van der Waals surface area contributed by atoms with Crippen LogP contribution in [0.15, 0.2) is 24.3 Å². The van der Waals surface area contributed by atoms with Crippen LogP contribution >= 0.6 is 10.7 Å². The SMILES string of the molecule is CCC(COc1ccccc1[N+](=O)[O-])CS(=O)(=O)Cl. The molecule has 106 valence electrons. The normalized spacial score (nSPS) is 12.9. The molecular weight excluding hydrogens is 294 g/mol. The maximum absolute atomic E-state index is 11.0. The number of hydrogen-bond donors (Lipinski definition) is 0. The molecule has 0 aromatic heterocycles. The van der Waals surface area contributed by atoms with Crippen molar-refractivity contribution in [3.05, 3.63) is 34.4 Å². The van der Waals surface area contributed by atoms with Gasteiger partial charge in [-0.1, -0.05) is 19.1 Å². The second-order valence-corrected chi connectivity index (χ2v) is 6.84. The van der Waals surface area contributed by atoms with E-state index < -0.39 is 14.0 Å². The van der Waals surface area contributed by atoms with E-state index in [0.717, 1.165) is 0 Å². The van der Waals surface area contributed by atoms with E-state index in [1.54, 1.807) is 13.0 Å². The van der Waals surface area contributed by atoms with Gasteiger partial charge in [0.2, 0.25) is 9.05 Å². The van der Waals surface area contributed by atoms with Gasteiger partial charge in [0.05, 0.1) is 17.3 Å². The van der Waals surface area contributed by atoms with E-state index >= 15 is 0 Å². The third-order valence-corrected chi connectivity index (χ3v) is 3.80. The standard InChI is InChI=1S/C11H14ClNO5S/c1-2-9(8-19(12,16)17)7-18-11-6-4-3-5-10(11)13(14)15/h3-6,9H,2,7-8H2,1H3. The first-order valence-electron chi connectivity index (χ1n) is 5.62. The Morgan fingerprint density at radius 1 is 1.42 bits per heavy atom. The van der Waals surface area contributed by atoms with E-state index in [0.29, 0.717) is 6.42 Å². The van der Waals surface area contributed by atoms with Crippen molar-refractivity contribution in [3.63, 3.8) is 0 Å². The van der Waals surface area contributed by atoms with Crippen molar-refractivity contribution < 1.29 is 18.1 Å². The lowest BCUT2D eigenvalue weighted by Crippen LogP contribution is -2.19. The maximum Gasteiger partial charge on any atom is 0.310 e. The van der Waals surface area contributed by atoms with Gasteiger partial charge in [-0.15, -0.1) is 0 Å². The van der Waals surface area contributed by atoms with E-state index in [4.69, 9.17) is 15.4 Å². The fourth-order valence-electron chi connectivity index (χ4n) is 1.50. The monoisotopic (exact) mass is 307 g/mol. The van der Waals surface area contributed by atoms with Crippen LogP contribution in [0.5, 0.6) is 5.75 Å². The van der Waals surface area contributed by atoms with Crippen molar-refractivity contribution in [3.8, 4) is 5.75 Å². The van der Waals surface area contributed by atoms with Crippen LogP contribution < -0.4 is 4.74 Å². The Kier molecular flexibility index (Phi) is 5.56. The van der Waals surface area contributed by atoms with Gasteiger partial charge in [0.15, 0.2) is 5.75 Å². The number of nitro groups is 1. The molecule has 1 unspecified atom stereocenters. The minimum Gasteiger partial charge on any atom is -0.486 e. The third-order valence-electron chi connectivity index (χ3n) is 2.55. The molecular formula is C11H14ClNO5S. The van der Waals surface area contributed by atoms with Gasteiger partial charge in [-0.3, -0.25) is 10.1 Å². The number of nitrogens with zero attached hydrogens (tertiary/aromatic N) is 1. The van der Waals surface area contributed by atoms with Crippen LogP contribution in [0, 0.1) is 16.0 Å². The zero-order chi connectivity index (χ0) is 14.5. The molecule has 0 bridgehead atoms. The molecule has 8 heteroatoms. The lowest BCUT2D eigenvalue weighted by atomic mass is 10.1. The zero-order valence-corrected chi connectivity index (χ0v) is 11.9. The molecule has 0 heterocycles. The highest BCUT2D eigenvalue weighted by Crippen LogP contribution is 2.26. The lowest BCUT2D eigenvalue weighted by molar-refractivity contribution is -0.385. The molecule has 0 aliphatic carbocycles. The van der Waals surface area contributed by atoms with Crippen molar-refractivity contribution in [2.45, 2.75) is 13.3 Å². The summed E-state index contributed by atoms with van der Waals surface area (Å²) in [5.41, 5.74) is -0.147. The minimum absolute atomic E-state index is 0.0628. The van der Waals surface area contributed by atoms with Crippen LogP contribution in [0.1, 0.15) is 13.3 Å². The van der Waals surface area contributed by atoms with Crippen molar-refractivity contribution in [2.24, 2.45) is 5.92 Å². The number of benzene rings is 1. The first kappa shape index (κ1) is 15.7. The molecule has 0 amide bonds. The van der Waals surface area contributed by atoms with E-state index in [2.05, 4.69) is 0 Å². The molecule has 1 aromatic rings. The van der Waals surface area contributed by atoms with Gasteiger partial charge in [0, 0.05) is 22.7 Å². The quantitative estimate of drug-likeness (QED) is 0.439. The first-order chi connectivity index (χ1) is 8.83. The first-order valence-corrected chi connectivity index (χ1v) is 8.10. The molecule has 0 saturated heterocycles. The summed E-state index contributed by atoms with van der Waals surface area (Å²) < 4.78 is 27.3. The van der Waals surface area contributed by atoms with Crippen LogP contribution in [0.4, 0.5) is 5.69 Å². The summed E-state index contributed by atoms with van der Waals surface area (Å²) in [6, 6.07) is 5.95. The Bertz CT molecular complexity index is 546. The van der Waals surface area contributed by atoms with Gasteiger partial charge in [-0.2, -0.15) is 0 Å². The summed E-state index contributed by atoms with van der Waals surface area (Å²) in [5, 5.41) is 10.8. The van der Waals surface area contributed by atoms with Gasteiger partial charge in [-0.05, 0) is 12.5 Å². The second kappa shape index (κ2) is 6.72. The van der Waals surface area contributed by atoms with Gasteiger partial charge in [0.1, 0.15) is 0 Å². The topological polar surface area (TPSA) is 86.5 Å². The largest absolute Gasteiger partial charge is 0.486 e. The highest BCUT2D eigenvalue weighted by molar-refractivity contribution is 8.13. The highest BCUT2D eigenvalue weighted by Gasteiger charge is 2.19. The van der Waals surface area contributed by atoms with Crippen LogP contribution in [0.3, 0.4) is 0 Å². The average molecular weight is 308 g/mol. The van der Waals surface area contributed by atoms with Gasteiger partial charge >= 0.3 is 5.69 Å². The highest BCUT2D eigenvalue weighted by atomic mass is 35.7. The van der Waals surface area contributed by atoms with Crippen molar-refractivity contribution in [2.75, 3.05) is 12.4 Å². The molecule has 6 nitrogen and oxygen atoms in total. The molecule has 0 saturated carbocycles. The van der Waals surface area contributed by atoms with Crippen LogP contribution in [-0.4, -0.2) is 25.7 Å². The molecule has 1 atom stereocenters. The van der Waals surface area contributed by atoms with Crippen LogP contribution in [0.25, 0.3) is 0 Å². The fraction of sp³-hybridized carbons (Fsp3) is 0.455. The summed E-state index contributed by atoms with van der Waals surface area (Å²) in [4.78, 5) is 10.2. The summed E-state index contributed by atoms with van der Waals surface area (Å²) in [6.07, 6.45) is 0.548. The predicted octanol–water partition coefficient (Wildman–Crippen LogP) is 2.57. The summed E-state index contributed by atoms with van der Waals surface area (Å²) >= 11 is 0. The molecule has 19 heavy (non-hydrogen) atoms. The lowest BCUT2D eigenvalue weighted by Gasteiger charge is -2.14. The van der Waals surface area contributed by atoms with Crippen LogP contribution in [-0.2, 0) is 9.05 Å². The molecule has 0 N–H and O–H groups in total. The Morgan fingerprint density at radius 2 is 2.05 bits per heavy atom. The molecule has 0 aliphatic rings. The van der Waals surface area contributed by atoms with Crippen molar-refractivity contribution in [1.29, 1.82) is 0 Å². The zero-order valence-electron chi connectivity index (χ0n) is 10.3. The van der Waals surface area contributed by atoms with E-state index in [1.165, 1.54) is 18.2 Å². The van der Waals surface area contributed by atoms with Crippen LogP contribution in [0.2, 0.25) is 0 Å². The minimum atomic E-state index is -3.61. The van der Waals surface area contributed by atoms with E-state index in [-0.39, 0.29) is 29.7 Å². The number of nitro benzene ring substituents is 1. The second-order valence-electron chi connectivity index (χ2n) is 4.02. The number of para-hydroxylation sites is 2. The molecule has 1 rings (SSSR count). The third kappa shape index (κ3) is 5.44. The van der Waals surface area contributed by atoms with Crippen molar-refractivity contribution >= 4 is 25.4 Å². The molecule has 0 radical (unpaired) electrons. The predicted molar refractivity (Wildman–Crippen MR) is 72.0 cm³/mol. The Morgan fingerprint density at radius 3 is 2.58 bits per heavy atom. The molecule has 1 aromatic carbocycles. The maximum atomic E-state index is 11.0. The smallest absolute Gasteiger partial charge is 0.310 e. The summed E-state index contributed by atoms with van der Waals surface area (Å²) in [5.74, 6) is -0.397. The number of rotatable bonds is 7. The molecule has 0 spiro atoms. The van der Waals surface area contributed by atoms with E-state index in [1.807, 2.05) is 0 Å². The Labute approximate surface area is 115 Å². The van der Waals surface area contributed by atoms with Gasteiger partial charge < -0.3 is 4.74 Å². The molecule has 0 fully saturated rings. The number of halogens is 1. The Balaban J connectivity index is 2.73. The van der Waals surface area contributed by atoms with Crippen molar-refractivity contribution in [1.82, 2.24) is 0 Å². The average Bonchev–Trinajstić information content (AvgIpc) is 2.33. The van der Waals surface area contributed by atoms with E-state index in [9.17, 15) is 18.5 Å². The summed E-state index contributed by atoms with van der Waals surface area (Å²) in [7, 11) is 1.57.